The smallest absolute Gasteiger partial charge is 0.405 e. The van der Waals surface area contributed by atoms with Crippen LogP contribution in [-0.2, 0) is 6.42 Å². The van der Waals surface area contributed by atoms with E-state index in [9.17, 15) is 13.2 Å². The predicted molar refractivity (Wildman–Crippen MR) is 105 cm³/mol. The molecule has 5 nitrogen and oxygen atoms in total. The zero-order valence-corrected chi connectivity index (χ0v) is 16.1. The summed E-state index contributed by atoms with van der Waals surface area (Å²) >= 11 is 0. The zero-order valence-electron chi connectivity index (χ0n) is 15.3. The van der Waals surface area contributed by atoms with E-state index in [1.54, 1.807) is 30.3 Å². The number of para-hydroxylation sites is 1. The minimum Gasteiger partial charge on any atom is -0.405 e. The zero-order chi connectivity index (χ0) is 19.7. The van der Waals surface area contributed by atoms with Crippen LogP contribution in [-0.4, -0.2) is 21.5 Å². The van der Waals surface area contributed by atoms with Gasteiger partial charge in [0.25, 0.3) is 0 Å². The SMILES string of the molecule is CCCc1cc(-c2nc3ccc(-c4ccccc4OC(F)(F)F)cc3[nH]2)on1.Cl. The van der Waals surface area contributed by atoms with Crippen molar-refractivity contribution in [2.45, 2.75) is 26.1 Å². The number of hydrogen-bond donors (Lipinski definition) is 1. The number of H-pyrrole nitrogens is 1. The first-order chi connectivity index (χ1) is 13.4. The average molecular weight is 424 g/mol. The molecular formula is C20H17ClF3N3O2. The highest BCUT2D eigenvalue weighted by Crippen LogP contribution is 2.35. The number of hydrogen-bond acceptors (Lipinski definition) is 4. The van der Waals surface area contributed by atoms with Crippen LogP contribution in [0, 0.1) is 0 Å². The molecule has 152 valence electrons. The molecule has 0 spiro atoms. The molecule has 0 aliphatic carbocycles. The lowest BCUT2D eigenvalue weighted by molar-refractivity contribution is -0.274. The molecular weight excluding hydrogens is 407 g/mol. The maximum atomic E-state index is 12.7. The summed E-state index contributed by atoms with van der Waals surface area (Å²) in [5.74, 6) is 0.775. The molecule has 0 unspecified atom stereocenters. The van der Waals surface area contributed by atoms with E-state index in [1.165, 1.54) is 12.1 Å². The van der Waals surface area contributed by atoms with Gasteiger partial charge in [-0.1, -0.05) is 42.8 Å². The number of halogens is 4. The maximum absolute atomic E-state index is 12.7. The van der Waals surface area contributed by atoms with E-state index in [4.69, 9.17) is 4.52 Å². The van der Waals surface area contributed by atoms with Crippen molar-refractivity contribution in [3.8, 4) is 28.5 Å². The molecule has 2 heterocycles. The van der Waals surface area contributed by atoms with Crippen LogP contribution in [0.4, 0.5) is 13.2 Å². The second kappa shape index (κ2) is 8.16. The van der Waals surface area contributed by atoms with Crippen molar-refractivity contribution >= 4 is 23.4 Å². The Balaban J connectivity index is 0.00000240. The first-order valence-electron chi connectivity index (χ1n) is 8.74. The summed E-state index contributed by atoms with van der Waals surface area (Å²) in [6.45, 7) is 2.05. The van der Waals surface area contributed by atoms with Gasteiger partial charge in [-0.2, -0.15) is 0 Å². The summed E-state index contributed by atoms with van der Waals surface area (Å²) in [5.41, 5.74) is 3.09. The molecule has 0 atom stereocenters. The number of ether oxygens (including phenoxy) is 1. The summed E-state index contributed by atoms with van der Waals surface area (Å²) in [6, 6.07) is 13.0. The van der Waals surface area contributed by atoms with Crippen LogP contribution < -0.4 is 4.74 Å². The van der Waals surface area contributed by atoms with Gasteiger partial charge in [-0.3, -0.25) is 0 Å². The Morgan fingerprint density at radius 1 is 1.10 bits per heavy atom. The fraction of sp³-hybridized carbons (Fsp3) is 0.200. The Morgan fingerprint density at radius 2 is 1.90 bits per heavy atom. The average Bonchev–Trinajstić information content (AvgIpc) is 3.27. The summed E-state index contributed by atoms with van der Waals surface area (Å²) in [4.78, 5) is 7.61. The fourth-order valence-corrected chi connectivity index (χ4v) is 3.01. The molecule has 2 aromatic carbocycles. The van der Waals surface area contributed by atoms with Crippen LogP contribution in [0.5, 0.6) is 5.75 Å². The third kappa shape index (κ3) is 4.54. The molecule has 29 heavy (non-hydrogen) atoms. The van der Waals surface area contributed by atoms with Crippen molar-refractivity contribution in [1.29, 1.82) is 0 Å². The number of rotatable bonds is 5. The van der Waals surface area contributed by atoms with Gasteiger partial charge in [-0.05, 0) is 30.2 Å². The number of nitrogens with zero attached hydrogens (tertiary/aromatic N) is 2. The van der Waals surface area contributed by atoms with Gasteiger partial charge >= 0.3 is 6.36 Å². The Kier molecular flexibility index (Phi) is 5.83. The molecule has 0 saturated carbocycles. The van der Waals surface area contributed by atoms with Gasteiger partial charge in [0.05, 0.1) is 16.7 Å². The molecule has 0 saturated heterocycles. The van der Waals surface area contributed by atoms with Crippen molar-refractivity contribution in [3.63, 3.8) is 0 Å². The molecule has 9 heteroatoms. The van der Waals surface area contributed by atoms with E-state index in [1.807, 2.05) is 6.07 Å². The monoisotopic (exact) mass is 423 g/mol. The predicted octanol–water partition coefficient (Wildman–Crippen LogP) is 6.16. The van der Waals surface area contributed by atoms with E-state index in [-0.39, 0.29) is 18.2 Å². The van der Waals surface area contributed by atoms with Crippen LogP contribution >= 0.6 is 12.4 Å². The van der Waals surface area contributed by atoms with Gasteiger partial charge in [0.2, 0.25) is 5.76 Å². The van der Waals surface area contributed by atoms with Crippen LogP contribution in [0.15, 0.2) is 53.1 Å². The Hall–Kier alpha value is -3.00. The lowest BCUT2D eigenvalue weighted by Crippen LogP contribution is -2.17. The third-order valence-corrected chi connectivity index (χ3v) is 4.20. The topological polar surface area (TPSA) is 63.9 Å². The van der Waals surface area contributed by atoms with Crippen LogP contribution in [0.1, 0.15) is 19.0 Å². The number of imidazole rings is 1. The van der Waals surface area contributed by atoms with E-state index in [0.29, 0.717) is 33.7 Å². The highest BCUT2D eigenvalue weighted by Gasteiger charge is 2.32. The Morgan fingerprint density at radius 3 is 2.66 bits per heavy atom. The molecule has 2 aromatic heterocycles. The highest BCUT2D eigenvalue weighted by molar-refractivity contribution is 5.86. The summed E-state index contributed by atoms with van der Waals surface area (Å²) < 4.78 is 47.5. The van der Waals surface area contributed by atoms with Gasteiger partial charge in [-0.25, -0.2) is 4.98 Å². The number of aryl methyl sites for hydroxylation is 1. The molecule has 0 bridgehead atoms. The van der Waals surface area contributed by atoms with Gasteiger partial charge in [0.15, 0.2) is 5.82 Å². The first kappa shape index (κ1) is 20.7. The lowest BCUT2D eigenvalue weighted by atomic mass is 10.0. The van der Waals surface area contributed by atoms with Gasteiger partial charge in [0.1, 0.15) is 5.75 Å². The number of benzene rings is 2. The molecule has 0 aliphatic heterocycles. The fourth-order valence-electron chi connectivity index (χ4n) is 3.01. The summed E-state index contributed by atoms with van der Waals surface area (Å²) in [7, 11) is 0. The van der Waals surface area contributed by atoms with E-state index in [2.05, 4.69) is 26.8 Å². The van der Waals surface area contributed by atoms with Gasteiger partial charge < -0.3 is 14.2 Å². The first-order valence-corrected chi connectivity index (χ1v) is 8.74. The third-order valence-electron chi connectivity index (χ3n) is 4.20. The molecule has 1 N–H and O–H groups in total. The lowest BCUT2D eigenvalue weighted by Gasteiger charge is -2.13. The number of alkyl halides is 3. The van der Waals surface area contributed by atoms with Crippen LogP contribution in [0.2, 0.25) is 0 Å². The van der Waals surface area contributed by atoms with Crippen LogP contribution in [0.25, 0.3) is 33.7 Å². The largest absolute Gasteiger partial charge is 0.573 e. The summed E-state index contributed by atoms with van der Waals surface area (Å²) in [5, 5.41) is 4.01. The van der Waals surface area contributed by atoms with Crippen molar-refractivity contribution in [3.05, 3.63) is 54.2 Å². The summed E-state index contributed by atoms with van der Waals surface area (Å²) in [6.07, 6.45) is -3.00. The minimum atomic E-state index is -4.76. The van der Waals surface area contributed by atoms with E-state index < -0.39 is 6.36 Å². The standard InChI is InChI=1S/C20H16F3N3O2.ClH/c1-2-5-13-11-18(28-26-13)19-24-15-9-8-12(10-16(15)25-19)14-6-3-4-7-17(14)27-20(21,22)23;/h3-4,6-11H,2,5H2,1H3,(H,24,25);1H. The van der Waals surface area contributed by atoms with E-state index in [0.717, 1.165) is 18.5 Å². The quantitative estimate of drug-likeness (QED) is 0.417. The maximum Gasteiger partial charge on any atom is 0.573 e. The normalized spacial score (nSPS) is 11.4. The second-order valence-electron chi connectivity index (χ2n) is 6.29. The van der Waals surface area contributed by atoms with Crippen molar-refractivity contribution in [2.24, 2.45) is 0 Å². The number of nitrogens with one attached hydrogen (secondary N) is 1. The minimum absolute atomic E-state index is 0. The van der Waals surface area contributed by atoms with Crippen molar-refractivity contribution < 1.29 is 22.4 Å². The van der Waals surface area contributed by atoms with Crippen LogP contribution in [0.3, 0.4) is 0 Å². The molecule has 4 rings (SSSR count). The Labute approximate surface area is 170 Å². The van der Waals surface area contributed by atoms with Crippen molar-refractivity contribution in [1.82, 2.24) is 15.1 Å². The molecule has 0 amide bonds. The number of fused-ring (bicyclic) bond motifs is 1. The molecule has 0 fully saturated rings. The van der Waals surface area contributed by atoms with Crippen molar-refractivity contribution in [2.75, 3.05) is 0 Å². The molecule has 0 aliphatic rings. The second-order valence-corrected chi connectivity index (χ2v) is 6.29. The van der Waals surface area contributed by atoms with E-state index >= 15 is 0 Å². The van der Waals surface area contributed by atoms with Gasteiger partial charge in [-0.15, -0.1) is 25.6 Å². The molecule has 0 radical (unpaired) electrons. The Bertz CT molecular complexity index is 1120. The number of aromatic amines is 1. The van der Waals surface area contributed by atoms with Gasteiger partial charge in [0, 0.05) is 11.6 Å². The highest BCUT2D eigenvalue weighted by atomic mass is 35.5. The number of aromatic nitrogens is 3. The molecule has 4 aromatic rings.